The van der Waals surface area contributed by atoms with Crippen molar-refractivity contribution >= 4 is 24.7 Å². The molecule has 0 amide bonds. The molecule has 0 fully saturated rings. The number of hydrogen-bond donors (Lipinski definition) is 2. The Bertz CT molecular complexity index is 146. The topological polar surface area (TPSA) is 66.8 Å². The van der Waals surface area contributed by atoms with Crippen LogP contribution in [0.2, 0.25) is 5.21 Å². The summed E-state index contributed by atoms with van der Waals surface area (Å²) in [5.41, 5.74) is 0. The van der Waals surface area contributed by atoms with Crippen LogP contribution >= 0.6 is 7.82 Å². The zero-order valence-electron chi connectivity index (χ0n) is 6.98. The first kappa shape index (κ1) is 12.7. The van der Waals surface area contributed by atoms with Crippen LogP contribution in [0.5, 0.6) is 0 Å². The fourth-order valence-electron chi connectivity index (χ4n) is 0.783. The van der Waals surface area contributed by atoms with Gasteiger partial charge in [-0.25, -0.2) is 0 Å². The molecule has 0 radical (unpaired) electrons. The summed E-state index contributed by atoms with van der Waals surface area (Å²) >= 11 is 1.72. The molecule has 0 aliphatic rings. The first-order valence-corrected chi connectivity index (χ1v) is 7.21. The molecule has 0 spiro atoms. The van der Waals surface area contributed by atoms with E-state index < -0.39 is 7.82 Å². The first-order chi connectivity index (χ1) is 5.56. The van der Waals surface area contributed by atoms with Gasteiger partial charge < -0.3 is 0 Å². The third kappa shape index (κ3) is 10.7. The van der Waals surface area contributed by atoms with Crippen LogP contribution in [0.4, 0.5) is 0 Å². The predicted molar refractivity (Wildman–Crippen MR) is 49.8 cm³/mol. The van der Waals surface area contributed by atoms with E-state index in [0.29, 0.717) is 0 Å². The van der Waals surface area contributed by atoms with Crippen LogP contribution in [0, 0.1) is 0 Å². The van der Waals surface area contributed by atoms with E-state index >= 15 is 0 Å². The Kier molecular flexibility index (Phi) is 7.50. The van der Waals surface area contributed by atoms with E-state index in [-0.39, 0.29) is 6.61 Å². The van der Waals surface area contributed by atoms with Crippen molar-refractivity contribution < 1.29 is 18.9 Å². The van der Waals surface area contributed by atoms with Crippen molar-refractivity contribution in [2.24, 2.45) is 0 Å². The third-order valence-corrected chi connectivity index (χ3v) is 2.73. The summed E-state index contributed by atoms with van der Waals surface area (Å²) in [7, 11) is -4.22. The maximum atomic E-state index is 10.2. The van der Waals surface area contributed by atoms with Gasteiger partial charge in [-0.15, -0.1) is 0 Å². The van der Waals surface area contributed by atoms with Crippen LogP contribution in [-0.4, -0.2) is 33.2 Å². The molecule has 0 aromatic heterocycles. The monoisotopic (exact) mass is 258 g/mol. The fourth-order valence-corrected chi connectivity index (χ4v) is 1.76. The second-order valence-corrected chi connectivity index (χ2v) is 4.98. The maximum absolute atomic E-state index is 10.2. The summed E-state index contributed by atoms with van der Waals surface area (Å²) in [5, 5.41) is 1.23. The van der Waals surface area contributed by atoms with E-state index in [0.717, 1.165) is 19.3 Å². The Labute approximate surface area is 81.4 Å². The Balaban J connectivity index is 3.06. The molecule has 74 valence electrons. The van der Waals surface area contributed by atoms with E-state index in [2.05, 4.69) is 4.52 Å². The van der Waals surface area contributed by atoms with E-state index in [1.807, 2.05) is 0 Å². The molecule has 0 aromatic carbocycles. The molecule has 0 heterocycles. The van der Waals surface area contributed by atoms with Crippen LogP contribution in [0.1, 0.15) is 25.7 Å². The van der Waals surface area contributed by atoms with Gasteiger partial charge in [-0.2, -0.15) is 0 Å². The molecule has 2 N–H and O–H groups in total. The van der Waals surface area contributed by atoms with E-state index in [1.165, 1.54) is 11.6 Å². The van der Waals surface area contributed by atoms with Crippen molar-refractivity contribution in [2.75, 3.05) is 6.61 Å². The third-order valence-electron chi connectivity index (χ3n) is 1.36. The van der Waals surface area contributed by atoms with Gasteiger partial charge in [-0.3, -0.25) is 0 Å². The van der Waals surface area contributed by atoms with E-state index in [1.54, 1.807) is 16.9 Å². The van der Waals surface area contributed by atoms with Gasteiger partial charge in [0.1, 0.15) is 0 Å². The Morgan fingerprint density at radius 3 is 2.25 bits per heavy atom. The zero-order valence-corrected chi connectivity index (χ0v) is 10.3. The van der Waals surface area contributed by atoms with Gasteiger partial charge in [0.2, 0.25) is 0 Å². The first-order valence-electron chi connectivity index (χ1n) is 3.96. The van der Waals surface area contributed by atoms with E-state index in [9.17, 15) is 4.57 Å². The summed E-state index contributed by atoms with van der Waals surface area (Å²) in [6.07, 6.45) is 4.06. The van der Waals surface area contributed by atoms with Crippen molar-refractivity contribution in [3.05, 3.63) is 0 Å². The van der Waals surface area contributed by atoms with Crippen molar-refractivity contribution in [1.82, 2.24) is 0 Å². The molecule has 1 unspecified atom stereocenters. The van der Waals surface area contributed by atoms with Gasteiger partial charge >= 0.3 is 81.0 Å². The van der Waals surface area contributed by atoms with Crippen LogP contribution in [-0.2, 0) is 9.09 Å². The van der Waals surface area contributed by atoms with Gasteiger partial charge in [0, 0.05) is 0 Å². The van der Waals surface area contributed by atoms with Gasteiger partial charge in [-0.1, -0.05) is 0 Å². The van der Waals surface area contributed by atoms with Gasteiger partial charge in [0.15, 0.2) is 0 Å². The Hall–Kier alpha value is 0.668. The second-order valence-electron chi connectivity index (χ2n) is 2.53. The molecule has 1 atom stereocenters. The molecule has 0 bridgehead atoms. The molecular weight excluding hydrogens is 242 g/mol. The average Bonchev–Trinajstić information content (AvgIpc) is 1.94. The minimum atomic E-state index is -4.22. The second kappa shape index (κ2) is 7.11. The molecule has 0 rings (SSSR count). The van der Waals surface area contributed by atoms with Crippen molar-refractivity contribution in [2.45, 2.75) is 30.9 Å². The molecular formula is C6H16AsO4P. The summed E-state index contributed by atoms with van der Waals surface area (Å²) in [6.45, 7) is 0.166. The van der Waals surface area contributed by atoms with Gasteiger partial charge in [-0.05, 0) is 0 Å². The van der Waals surface area contributed by atoms with Crippen LogP contribution < -0.4 is 0 Å². The molecule has 0 saturated heterocycles. The summed E-state index contributed by atoms with van der Waals surface area (Å²) < 4.78 is 14.5. The average molecular weight is 258 g/mol. The number of rotatable bonds is 7. The van der Waals surface area contributed by atoms with Crippen LogP contribution in [0.15, 0.2) is 0 Å². The van der Waals surface area contributed by atoms with Crippen molar-refractivity contribution in [3.8, 4) is 0 Å². The number of phosphoric ester groups is 1. The number of phosphoric acid groups is 1. The molecule has 0 aliphatic carbocycles. The fraction of sp³-hybridized carbons (Fsp3) is 1.00. The van der Waals surface area contributed by atoms with Crippen molar-refractivity contribution in [3.63, 3.8) is 0 Å². The molecule has 0 aliphatic heterocycles. The Morgan fingerprint density at radius 1 is 1.17 bits per heavy atom. The van der Waals surface area contributed by atoms with Crippen molar-refractivity contribution in [1.29, 1.82) is 0 Å². The zero-order chi connectivity index (χ0) is 9.45. The van der Waals surface area contributed by atoms with Crippen LogP contribution in [0.3, 0.4) is 0 Å². The quantitative estimate of drug-likeness (QED) is 0.401. The molecule has 12 heavy (non-hydrogen) atoms. The number of unbranched alkanes of at least 4 members (excludes halogenated alkanes) is 3. The molecule has 6 heteroatoms. The molecule has 0 saturated carbocycles. The molecule has 4 nitrogen and oxygen atoms in total. The normalized spacial score (nSPS) is 11.9. The van der Waals surface area contributed by atoms with Gasteiger partial charge in [0.25, 0.3) is 0 Å². The molecule has 0 aromatic rings. The minimum absolute atomic E-state index is 0.166. The number of hydrogen-bond acceptors (Lipinski definition) is 2. The Morgan fingerprint density at radius 2 is 1.75 bits per heavy atom. The SMILES string of the molecule is O=P(O)(O)OCCCCCC[AsH2]. The van der Waals surface area contributed by atoms with Crippen LogP contribution in [0.25, 0.3) is 0 Å². The van der Waals surface area contributed by atoms with Gasteiger partial charge in [0.05, 0.1) is 0 Å². The summed E-state index contributed by atoms with van der Waals surface area (Å²) in [4.78, 5) is 16.6. The summed E-state index contributed by atoms with van der Waals surface area (Å²) in [5.74, 6) is 0. The predicted octanol–water partition coefficient (Wildman–Crippen LogP) is 0.707. The summed E-state index contributed by atoms with van der Waals surface area (Å²) in [6, 6.07) is 0. The standard InChI is InChI=1S/C6H16AsO4P/c7-5-3-1-2-4-6-11-12(8,9)10/h1-7H2,(H2,8,9,10). The van der Waals surface area contributed by atoms with E-state index in [4.69, 9.17) is 9.79 Å².